The number of benzene rings is 1. The highest BCUT2D eigenvalue weighted by molar-refractivity contribution is 5.89. The van der Waals surface area contributed by atoms with E-state index in [0.29, 0.717) is 24.7 Å². The molecule has 1 aliphatic heterocycles. The van der Waals surface area contributed by atoms with Crippen molar-refractivity contribution >= 4 is 18.0 Å². The number of hydrogen-bond donors (Lipinski definition) is 0. The van der Waals surface area contributed by atoms with Crippen molar-refractivity contribution in [3.05, 3.63) is 29.8 Å². The van der Waals surface area contributed by atoms with Crippen LogP contribution in [0.15, 0.2) is 24.3 Å². The van der Waals surface area contributed by atoms with Gasteiger partial charge in [0, 0.05) is 20.2 Å². The largest absolute Gasteiger partial charge is 0.486 e. The van der Waals surface area contributed by atoms with Gasteiger partial charge in [0.15, 0.2) is 18.1 Å². The molecule has 0 fully saturated rings. The summed E-state index contributed by atoms with van der Waals surface area (Å²) in [4.78, 5) is 24.1. The number of esters is 1. The quantitative estimate of drug-likeness (QED) is 0.614. The molecule has 0 aliphatic carbocycles. The van der Waals surface area contributed by atoms with E-state index in [9.17, 15) is 9.59 Å². The molecule has 0 aromatic heterocycles. The van der Waals surface area contributed by atoms with Crippen molar-refractivity contribution in [2.24, 2.45) is 0 Å². The summed E-state index contributed by atoms with van der Waals surface area (Å²) in [6.07, 6.45) is 2.87. The third-order valence-electron chi connectivity index (χ3n) is 2.81. The third kappa shape index (κ3) is 4.24. The second kappa shape index (κ2) is 6.78. The van der Waals surface area contributed by atoms with Crippen molar-refractivity contribution in [1.29, 1.82) is 0 Å². The fourth-order valence-corrected chi connectivity index (χ4v) is 1.64. The predicted molar refractivity (Wildman–Crippen MR) is 76.1 cm³/mol. The Morgan fingerprint density at radius 2 is 1.95 bits per heavy atom. The van der Waals surface area contributed by atoms with Gasteiger partial charge >= 0.3 is 5.97 Å². The minimum Gasteiger partial charge on any atom is -0.486 e. The van der Waals surface area contributed by atoms with Gasteiger partial charge in [0.25, 0.3) is 5.91 Å². The molecule has 6 nitrogen and oxygen atoms in total. The average molecular weight is 291 g/mol. The number of likely N-dealkylation sites (N-methyl/N-ethyl adjacent to an activating group) is 1. The summed E-state index contributed by atoms with van der Waals surface area (Å²) >= 11 is 0. The minimum absolute atomic E-state index is 0.267. The van der Waals surface area contributed by atoms with Crippen LogP contribution in [0.3, 0.4) is 0 Å². The molecule has 0 bridgehead atoms. The number of hydrogen-bond acceptors (Lipinski definition) is 5. The van der Waals surface area contributed by atoms with E-state index in [1.54, 1.807) is 32.3 Å². The zero-order chi connectivity index (χ0) is 15.2. The Labute approximate surface area is 122 Å². The lowest BCUT2D eigenvalue weighted by Gasteiger charge is -2.18. The topological polar surface area (TPSA) is 65.1 Å². The average Bonchev–Trinajstić information content (AvgIpc) is 2.50. The first-order valence-electron chi connectivity index (χ1n) is 6.51. The molecule has 21 heavy (non-hydrogen) atoms. The van der Waals surface area contributed by atoms with E-state index in [2.05, 4.69) is 0 Å². The molecule has 112 valence electrons. The molecule has 0 saturated heterocycles. The molecule has 1 heterocycles. The molecular weight excluding hydrogens is 274 g/mol. The van der Waals surface area contributed by atoms with Crippen molar-refractivity contribution in [3.8, 4) is 11.5 Å². The normalized spacial score (nSPS) is 13.0. The van der Waals surface area contributed by atoms with Gasteiger partial charge in [-0.05, 0) is 23.8 Å². The maximum absolute atomic E-state index is 11.5. The Morgan fingerprint density at radius 3 is 2.67 bits per heavy atom. The van der Waals surface area contributed by atoms with E-state index in [4.69, 9.17) is 14.2 Å². The zero-order valence-electron chi connectivity index (χ0n) is 12.0. The van der Waals surface area contributed by atoms with Crippen molar-refractivity contribution in [2.75, 3.05) is 33.9 Å². The molecule has 1 aliphatic rings. The van der Waals surface area contributed by atoms with Crippen LogP contribution < -0.4 is 9.47 Å². The van der Waals surface area contributed by atoms with Gasteiger partial charge in [0.2, 0.25) is 0 Å². The third-order valence-corrected chi connectivity index (χ3v) is 2.81. The van der Waals surface area contributed by atoms with Crippen LogP contribution in [0.25, 0.3) is 6.08 Å². The summed E-state index contributed by atoms with van der Waals surface area (Å²) in [5, 5.41) is 0. The van der Waals surface area contributed by atoms with Crippen LogP contribution in [0.2, 0.25) is 0 Å². The first kappa shape index (κ1) is 14.9. The van der Waals surface area contributed by atoms with Crippen molar-refractivity contribution in [1.82, 2.24) is 4.90 Å². The van der Waals surface area contributed by atoms with Crippen LogP contribution >= 0.6 is 0 Å². The van der Waals surface area contributed by atoms with Crippen molar-refractivity contribution in [2.45, 2.75) is 0 Å². The molecule has 0 unspecified atom stereocenters. The minimum atomic E-state index is -0.569. The van der Waals surface area contributed by atoms with Crippen molar-refractivity contribution in [3.63, 3.8) is 0 Å². The van der Waals surface area contributed by atoms with E-state index in [1.807, 2.05) is 6.07 Å². The summed E-state index contributed by atoms with van der Waals surface area (Å²) < 4.78 is 15.7. The number of nitrogens with zero attached hydrogens (tertiary/aromatic N) is 1. The Balaban J connectivity index is 1.91. The Hall–Kier alpha value is -2.50. The van der Waals surface area contributed by atoms with Gasteiger partial charge in [-0.3, -0.25) is 4.79 Å². The Morgan fingerprint density at radius 1 is 1.24 bits per heavy atom. The van der Waals surface area contributed by atoms with Gasteiger partial charge in [-0.15, -0.1) is 0 Å². The number of amides is 1. The highest BCUT2D eigenvalue weighted by atomic mass is 16.6. The summed E-state index contributed by atoms with van der Waals surface area (Å²) in [5.41, 5.74) is 0.787. The molecule has 0 N–H and O–H groups in total. The van der Waals surface area contributed by atoms with Crippen LogP contribution in [0.4, 0.5) is 0 Å². The lowest BCUT2D eigenvalue weighted by atomic mass is 10.2. The fraction of sp³-hybridized carbons (Fsp3) is 0.333. The Kier molecular flexibility index (Phi) is 4.81. The summed E-state index contributed by atoms with van der Waals surface area (Å²) in [6, 6.07) is 5.38. The van der Waals surface area contributed by atoms with Crippen LogP contribution in [0.1, 0.15) is 5.56 Å². The summed E-state index contributed by atoms with van der Waals surface area (Å²) in [7, 11) is 3.20. The Bertz CT molecular complexity index is 565. The second-order valence-corrected chi connectivity index (χ2v) is 4.63. The van der Waals surface area contributed by atoms with Gasteiger partial charge < -0.3 is 19.1 Å². The fourth-order valence-electron chi connectivity index (χ4n) is 1.64. The first-order valence-corrected chi connectivity index (χ1v) is 6.51. The van der Waals surface area contributed by atoms with E-state index >= 15 is 0 Å². The lowest BCUT2D eigenvalue weighted by molar-refractivity contribution is -0.146. The molecule has 0 radical (unpaired) electrons. The zero-order valence-corrected chi connectivity index (χ0v) is 12.0. The second-order valence-electron chi connectivity index (χ2n) is 4.63. The molecule has 0 atom stereocenters. The van der Waals surface area contributed by atoms with Crippen LogP contribution in [-0.4, -0.2) is 50.7 Å². The van der Waals surface area contributed by atoms with Gasteiger partial charge in [-0.25, -0.2) is 4.79 Å². The summed E-state index contributed by atoms with van der Waals surface area (Å²) in [6.45, 7) is 0.778. The van der Waals surface area contributed by atoms with E-state index in [-0.39, 0.29) is 12.5 Å². The molecule has 2 rings (SSSR count). The smallest absolute Gasteiger partial charge is 0.331 e. The van der Waals surface area contributed by atoms with E-state index < -0.39 is 5.97 Å². The predicted octanol–water partition coefficient (Wildman–Crippen LogP) is 1.10. The molecule has 1 aromatic rings. The van der Waals surface area contributed by atoms with E-state index in [0.717, 1.165) is 5.56 Å². The van der Waals surface area contributed by atoms with E-state index in [1.165, 1.54) is 11.0 Å². The highest BCUT2D eigenvalue weighted by Gasteiger charge is 2.11. The number of ether oxygens (including phenoxy) is 3. The molecule has 1 amide bonds. The molecule has 0 spiro atoms. The van der Waals surface area contributed by atoms with Crippen LogP contribution in [0, 0.1) is 0 Å². The number of fused-ring (bicyclic) bond motifs is 1. The summed E-state index contributed by atoms with van der Waals surface area (Å²) in [5.74, 6) is 0.508. The maximum Gasteiger partial charge on any atom is 0.331 e. The molecule has 6 heteroatoms. The monoisotopic (exact) mass is 291 g/mol. The molecule has 0 saturated carbocycles. The van der Waals surface area contributed by atoms with Crippen LogP contribution in [0.5, 0.6) is 11.5 Å². The van der Waals surface area contributed by atoms with Gasteiger partial charge in [0.1, 0.15) is 13.2 Å². The van der Waals surface area contributed by atoms with Gasteiger partial charge in [-0.1, -0.05) is 6.07 Å². The SMILES string of the molecule is CN(C)C(=O)COC(=O)/C=C/c1ccc2c(c1)OCCO2. The number of carbonyl (C=O) groups excluding carboxylic acids is 2. The molecular formula is C15H17NO5. The maximum atomic E-state index is 11.5. The van der Waals surface area contributed by atoms with Crippen molar-refractivity contribution < 1.29 is 23.8 Å². The highest BCUT2D eigenvalue weighted by Crippen LogP contribution is 2.31. The lowest BCUT2D eigenvalue weighted by Crippen LogP contribution is -2.27. The number of carbonyl (C=O) groups is 2. The number of rotatable bonds is 4. The van der Waals surface area contributed by atoms with Gasteiger partial charge in [0.05, 0.1) is 0 Å². The van der Waals surface area contributed by atoms with Gasteiger partial charge in [-0.2, -0.15) is 0 Å². The molecule has 1 aromatic carbocycles. The standard InChI is InChI=1S/C15H17NO5/c1-16(2)14(17)10-21-15(18)6-4-11-3-5-12-13(9-11)20-8-7-19-12/h3-6,9H,7-8,10H2,1-2H3/b6-4+. The first-order chi connectivity index (χ1) is 10.1. The van der Waals surface area contributed by atoms with Crippen LogP contribution in [-0.2, 0) is 14.3 Å².